The number of benzene rings is 1. The Bertz CT molecular complexity index is 873. The molecule has 4 N–H and O–H groups in total. The van der Waals surface area contributed by atoms with Crippen LogP contribution in [0.25, 0.3) is 0 Å². The van der Waals surface area contributed by atoms with Gasteiger partial charge in [-0.2, -0.15) is 0 Å². The Morgan fingerprint density at radius 3 is 2.20 bits per heavy atom. The summed E-state index contributed by atoms with van der Waals surface area (Å²) in [7, 11) is 0. The third kappa shape index (κ3) is 9.39. The SMILES string of the molecule is CCCCCNC(=O)C(c1ccc(O)c(C)c1)N(C(=O)C(CO)NC(=O)OC(C)(C)C)C(C)(C)C. The largest absolute Gasteiger partial charge is 0.508 e. The van der Waals surface area contributed by atoms with Crippen molar-refractivity contribution in [1.29, 1.82) is 0 Å². The molecule has 3 amide bonds. The van der Waals surface area contributed by atoms with Gasteiger partial charge in [0.2, 0.25) is 11.8 Å². The first-order chi connectivity index (χ1) is 16.1. The summed E-state index contributed by atoms with van der Waals surface area (Å²) in [6.45, 7) is 13.9. The molecule has 2 unspecified atom stereocenters. The molecule has 0 saturated carbocycles. The number of hydrogen-bond acceptors (Lipinski definition) is 6. The van der Waals surface area contributed by atoms with Crippen LogP contribution in [0.2, 0.25) is 0 Å². The number of aliphatic hydroxyl groups is 1. The number of phenolic OH excluding ortho intramolecular Hbond substituents is 1. The van der Waals surface area contributed by atoms with Crippen molar-refractivity contribution in [3.05, 3.63) is 29.3 Å². The Kier molecular flexibility index (Phi) is 11.0. The van der Waals surface area contributed by atoms with Gasteiger partial charge < -0.3 is 30.5 Å². The van der Waals surface area contributed by atoms with Crippen molar-refractivity contribution in [2.75, 3.05) is 13.2 Å². The Morgan fingerprint density at radius 1 is 1.09 bits per heavy atom. The van der Waals surface area contributed by atoms with Crippen LogP contribution >= 0.6 is 0 Å². The summed E-state index contributed by atoms with van der Waals surface area (Å²) in [5.74, 6) is -0.946. The summed E-state index contributed by atoms with van der Waals surface area (Å²) < 4.78 is 5.24. The number of ether oxygens (including phenoxy) is 1. The number of nitrogens with zero attached hydrogens (tertiary/aromatic N) is 1. The van der Waals surface area contributed by atoms with E-state index < -0.39 is 41.8 Å². The fourth-order valence-electron chi connectivity index (χ4n) is 3.60. The first-order valence-electron chi connectivity index (χ1n) is 12.1. The highest BCUT2D eigenvalue weighted by molar-refractivity contribution is 5.92. The second kappa shape index (κ2) is 12.8. The van der Waals surface area contributed by atoms with Crippen molar-refractivity contribution in [3.8, 4) is 5.75 Å². The minimum Gasteiger partial charge on any atom is -0.508 e. The van der Waals surface area contributed by atoms with Crippen LogP contribution in [0.3, 0.4) is 0 Å². The van der Waals surface area contributed by atoms with Crippen LogP contribution in [0.1, 0.15) is 84.9 Å². The van der Waals surface area contributed by atoms with E-state index >= 15 is 0 Å². The molecular weight excluding hydrogens is 450 g/mol. The number of alkyl carbamates (subject to hydrolysis) is 1. The minimum absolute atomic E-state index is 0.0734. The number of aliphatic hydroxyl groups excluding tert-OH is 1. The van der Waals surface area contributed by atoms with Gasteiger partial charge in [-0.15, -0.1) is 0 Å². The summed E-state index contributed by atoms with van der Waals surface area (Å²) in [6, 6.07) is 2.36. The van der Waals surface area contributed by atoms with Crippen LogP contribution in [0.15, 0.2) is 18.2 Å². The highest BCUT2D eigenvalue weighted by Gasteiger charge is 2.41. The lowest BCUT2D eigenvalue weighted by molar-refractivity contribution is -0.149. The van der Waals surface area contributed by atoms with Gasteiger partial charge in [-0.05, 0) is 78.1 Å². The monoisotopic (exact) mass is 493 g/mol. The third-order valence-corrected chi connectivity index (χ3v) is 5.25. The van der Waals surface area contributed by atoms with Gasteiger partial charge in [-0.1, -0.05) is 25.8 Å². The standard InChI is InChI=1S/C26H43N3O6/c1-9-10-11-14-27-22(32)21(18-12-13-20(31)17(2)15-18)29(25(3,4)5)23(33)19(16-30)28-24(34)35-26(6,7)8/h12-13,15,19,21,30-31H,9-11,14,16H2,1-8H3,(H,27,32)(H,28,34). The molecule has 9 heteroatoms. The molecule has 0 aromatic heterocycles. The second-order valence-corrected chi connectivity index (χ2v) is 10.7. The van der Waals surface area contributed by atoms with Crippen LogP contribution in [-0.4, -0.2) is 63.4 Å². The maximum Gasteiger partial charge on any atom is 0.408 e. The van der Waals surface area contributed by atoms with Crippen molar-refractivity contribution in [2.24, 2.45) is 0 Å². The fraction of sp³-hybridized carbons (Fsp3) is 0.654. The maximum absolute atomic E-state index is 13.7. The number of aromatic hydroxyl groups is 1. The van der Waals surface area contributed by atoms with Gasteiger partial charge in [-0.25, -0.2) is 4.79 Å². The number of hydrogen-bond donors (Lipinski definition) is 4. The highest BCUT2D eigenvalue weighted by atomic mass is 16.6. The van der Waals surface area contributed by atoms with Gasteiger partial charge in [0.1, 0.15) is 23.4 Å². The van der Waals surface area contributed by atoms with Crippen LogP contribution in [0.4, 0.5) is 4.79 Å². The maximum atomic E-state index is 13.7. The Balaban J connectivity index is 3.44. The van der Waals surface area contributed by atoms with E-state index in [4.69, 9.17) is 4.74 Å². The molecule has 1 aromatic carbocycles. The molecular formula is C26H43N3O6. The molecule has 0 saturated heterocycles. The van der Waals surface area contributed by atoms with Gasteiger partial charge >= 0.3 is 6.09 Å². The second-order valence-electron chi connectivity index (χ2n) is 10.7. The molecule has 0 radical (unpaired) electrons. The predicted octanol–water partition coefficient (Wildman–Crippen LogP) is 3.56. The molecule has 2 atom stereocenters. The topological polar surface area (TPSA) is 128 Å². The van der Waals surface area contributed by atoms with Crippen molar-refractivity contribution in [1.82, 2.24) is 15.5 Å². The molecule has 198 valence electrons. The third-order valence-electron chi connectivity index (χ3n) is 5.25. The molecule has 0 bridgehead atoms. The highest BCUT2D eigenvalue weighted by Crippen LogP contribution is 2.32. The molecule has 9 nitrogen and oxygen atoms in total. The zero-order valence-corrected chi connectivity index (χ0v) is 22.4. The number of rotatable bonds is 10. The number of amides is 3. The average Bonchev–Trinajstić information content (AvgIpc) is 2.72. The Labute approximate surface area is 209 Å². The molecule has 0 heterocycles. The van der Waals surface area contributed by atoms with E-state index in [0.717, 1.165) is 19.3 Å². The Morgan fingerprint density at radius 2 is 1.71 bits per heavy atom. The van der Waals surface area contributed by atoms with Gasteiger partial charge in [-0.3, -0.25) is 9.59 Å². The van der Waals surface area contributed by atoms with E-state index in [1.807, 2.05) is 0 Å². The van der Waals surface area contributed by atoms with E-state index in [0.29, 0.717) is 17.7 Å². The van der Waals surface area contributed by atoms with E-state index in [-0.39, 0.29) is 11.7 Å². The lowest BCUT2D eigenvalue weighted by atomic mass is 9.94. The van der Waals surface area contributed by atoms with E-state index in [2.05, 4.69) is 17.6 Å². The summed E-state index contributed by atoms with van der Waals surface area (Å²) in [4.78, 5) is 40.9. The molecule has 0 aliphatic rings. The van der Waals surface area contributed by atoms with Crippen LogP contribution in [0.5, 0.6) is 5.75 Å². The number of nitrogens with one attached hydrogen (secondary N) is 2. The molecule has 0 aliphatic heterocycles. The summed E-state index contributed by atoms with van der Waals surface area (Å²) >= 11 is 0. The van der Waals surface area contributed by atoms with Gasteiger partial charge in [0.05, 0.1) is 6.61 Å². The Hall–Kier alpha value is -2.81. The lowest BCUT2D eigenvalue weighted by Gasteiger charge is -2.43. The summed E-state index contributed by atoms with van der Waals surface area (Å²) in [6.07, 6.45) is 1.90. The van der Waals surface area contributed by atoms with Gasteiger partial charge in [0.15, 0.2) is 0 Å². The minimum atomic E-state index is -1.32. The van der Waals surface area contributed by atoms with Crippen molar-refractivity contribution in [3.63, 3.8) is 0 Å². The average molecular weight is 494 g/mol. The zero-order chi connectivity index (χ0) is 27.0. The van der Waals surface area contributed by atoms with Crippen LogP contribution < -0.4 is 10.6 Å². The quantitative estimate of drug-likeness (QED) is 0.369. The molecule has 1 aromatic rings. The summed E-state index contributed by atoms with van der Waals surface area (Å²) in [5.41, 5.74) is -0.595. The lowest BCUT2D eigenvalue weighted by Crippen LogP contribution is -2.59. The zero-order valence-electron chi connectivity index (χ0n) is 22.4. The number of unbranched alkanes of at least 4 members (excludes halogenated alkanes) is 2. The first kappa shape index (κ1) is 30.2. The smallest absolute Gasteiger partial charge is 0.408 e. The number of aryl methyl sites for hydroxylation is 1. The van der Waals surface area contributed by atoms with Gasteiger partial charge in [0.25, 0.3) is 0 Å². The van der Waals surface area contributed by atoms with Crippen molar-refractivity contribution < 1.29 is 29.3 Å². The molecule has 35 heavy (non-hydrogen) atoms. The van der Waals surface area contributed by atoms with E-state index in [1.165, 1.54) is 11.0 Å². The summed E-state index contributed by atoms with van der Waals surface area (Å²) in [5, 5.41) is 25.3. The van der Waals surface area contributed by atoms with Crippen molar-refractivity contribution >= 4 is 17.9 Å². The predicted molar refractivity (Wildman–Crippen MR) is 135 cm³/mol. The first-order valence-corrected chi connectivity index (χ1v) is 12.1. The fourth-order valence-corrected chi connectivity index (χ4v) is 3.60. The molecule has 0 fully saturated rings. The normalized spacial score (nSPS) is 13.5. The van der Waals surface area contributed by atoms with Crippen LogP contribution in [-0.2, 0) is 14.3 Å². The number of phenols is 1. The van der Waals surface area contributed by atoms with E-state index in [9.17, 15) is 24.6 Å². The van der Waals surface area contributed by atoms with Gasteiger partial charge in [0, 0.05) is 12.1 Å². The molecule has 0 aliphatic carbocycles. The number of carbonyl (C=O) groups is 3. The van der Waals surface area contributed by atoms with Crippen molar-refractivity contribution in [2.45, 2.75) is 97.9 Å². The van der Waals surface area contributed by atoms with E-state index in [1.54, 1.807) is 60.6 Å². The molecule has 1 rings (SSSR count). The van der Waals surface area contributed by atoms with Crippen LogP contribution in [0, 0.1) is 6.92 Å². The molecule has 0 spiro atoms. The number of carbonyl (C=O) groups excluding carboxylic acids is 3.